The SMILES string of the molecule is Cn1cc(N2CCC(NC3CCCC(C(F)(F)F)C3)C2=O)cn1. The molecule has 3 atom stereocenters. The number of hydrogen-bond acceptors (Lipinski definition) is 3. The van der Waals surface area contributed by atoms with Crippen LogP contribution in [0.3, 0.4) is 0 Å². The summed E-state index contributed by atoms with van der Waals surface area (Å²) in [6.45, 7) is 0.567. The monoisotopic (exact) mass is 330 g/mol. The fourth-order valence-corrected chi connectivity index (χ4v) is 3.56. The second-order valence-corrected chi connectivity index (χ2v) is 6.47. The van der Waals surface area contributed by atoms with Crippen LogP contribution in [-0.2, 0) is 11.8 Å². The van der Waals surface area contributed by atoms with Gasteiger partial charge in [0.25, 0.3) is 0 Å². The fourth-order valence-electron chi connectivity index (χ4n) is 3.56. The number of carbonyl (C=O) groups excluding carboxylic acids is 1. The predicted molar refractivity (Wildman–Crippen MR) is 78.9 cm³/mol. The van der Waals surface area contributed by atoms with E-state index < -0.39 is 18.1 Å². The molecule has 1 aromatic rings. The van der Waals surface area contributed by atoms with Gasteiger partial charge < -0.3 is 10.2 Å². The van der Waals surface area contributed by atoms with Crippen molar-refractivity contribution in [2.75, 3.05) is 11.4 Å². The maximum Gasteiger partial charge on any atom is 0.391 e. The first-order chi connectivity index (χ1) is 10.8. The zero-order valence-corrected chi connectivity index (χ0v) is 13.0. The first-order valence-corrected chi connectivity index (χ1v) is 7.97. The number of nitrogens with one attached hydrogen (secondary N) is 1. The van der Waals surface area contributed by atoms with Crippen molar-refractivity contribution < 1.29 is 18.0 Å². The Morgan fingerprint density at radius 3 is 2.74 bits per heavy atom. The van der Waals surface area contributed by atoms with E-state index in [0.717, 1.165) is 5.69 Å². The van der Waals surface area contributed by atoms with Crippen LogP contribution < -0.4 is 10.2 Å². The van der Waals surface area contributed by atoms with Crippen molar-refractivity contribution in [3.8, 4) is 0 Å². The first kappa shape index (κ1) is 16.3. The molecular weight excluding hydrogens is 309 g/mol. The van der Waals surface area contributed by atoms with E-state index >= 15 is 0 Å². The highest BCUT2D eigenvalue weighted by molar-refractivity contribution is 5.99. The lowest BCUT2D eigenvalue weighted by Crippen LogP contribution is -2.47. The van der Waals surface area contributed by atoms with E-state index in [4.69, 9.17) is 0 Å². The van der Waals surface area contributed by atoms with Gasteiger partial charge >= 0.3 is 6.18 Å². The number of alkyl halides is 3. The topological polar surface area (TPSA) is 50.2 Å². The highest BCUT2D eigenvalue weighted by Gasteiger charge is 2.43. The summed E-state index contributed by atoms with van der Waals surface area (Å²) in [7, 11) is 1.78. The van der Waals surface area contributed by atoms with Crippen LogP contribution in [0.4, 0.5) is 18.9 Å². The zero-order valence-electron chi connectivity index (χ0n) is 13.0. The standard InChI is InChI=1S/C15H21F3N4O/c1-21-9-12(8-19-21)22-6-5-13(14(22)23)20-11-4-2-3-10(7-11)15(16,17)18/h8-11,13,20H,2-7H2,1H3. The molecule has 1 amide bonds. The van der Waals surface area contributed by atoms with Gasteiger partial charge in [-0.05, 0) is 25.7 Å². The summed E-state index contributed by atoms with van der Waals surface area (Å²) in [6, 6.07) is -0.634. The van der Waals surface area contributed by atoms with E-state index in [1.165, 1.54) is 0 Å². The van der Waals surface area contributed by atoms with Crippen molar-refractivity contribution in [2.45, 2.75) is 50.4 Å². The van der Waals surface area contributed by atoms with Crippen LogP contribution in [0, 0.1) is 5.92 Å². The highest BCUT2D eigenvalue weighted by Crippen LogP contribution is 2.37. The number of rotatable bonds is 3. The van der Waals surface area contributed by atoms with Crippen molar-refractivity contribution in [3.63, 3.8) is 0 Å². The summed E-state index contributed by atoms with van der Waals surface area (Å²) in [5.41, 5.74) is 0.735. The Bertz CT molecular complexity index is 571. The number of nitrogens with zero attached hydrogens (tertiary/aromatic N) is 3. The molecule has 1 saturated heterocycles. The van der Waals surface area contributed by atoms with Crippen LogP contribution >= 0.6 is 0 Å². The minimum atomic E-state index is -4.14. The largest absolute Gasteiger partial charge is 0.391 e. The normalized spacial score (nSPS) is 29.3. The molecule has 5 nitrogen and oxygen atoms in total. The number of anilines is 1. The molecule has 1 aromatic heterocycles. The Balaban J connectivity index is 1.59. The minimum Gasteiger partial charge on any atom is -0.308 e. The summed E-state index contributed by atoms with van der Waals surface area (Å²) in [6.07, 6.45) is 1.38. The average Bonchev–Trinajstić information content (AvgIpc) is 3.06. The number of halogens is 3. The van der Waals surface area contributed by atoms with Crippen molar-refractivity contribution in [2.24, 2.45) is 13.0 Å². The fraction of sp³-hybridized carbons (Fsp3) is 0.733. The highest BCUT2D eigenvalue weighted by atomic mass is 19.4. The maximum atomic E-state index is 12.9. The summed E-state index contributed by atoms with van der Waals surface area (Å²) in [5, 5.41) is 7.21. The smallest absolute Gasteiger partial charge is 0.308 e. The molecule has 0 spiro atoms. The Hall–Kier alpha value is -1.57. The van der Waals surface area contributed by atoms with Gasteiger partial charge in [0.15, 0.2) is 0 Å². The van der Waals surface area contributed by atoms with Crippen molar-refractivity contribution >= 4 is 11.6 Å². The van der Waals surface area contributed by atoms with Crippen LogP contribution in [0.2, 0.25) is 0 Å². The van der Waals surface area contributed by atoms with E-state index in [1.807, 2.05) is 0 Å². The molecule has 1 aliphatic heterocycles. The van der Waals surface area contributed by atoms with Crippen LogP contribution in [0.15, 0.2) is 12.4 Å². The molecule has 8 heteroatoms. The van der Waals surface area contributed by atoms with Crippen LogP contribution in [0.5, 0.6) is 0 Å². The maximum absolute atomic E-state index is 12.9. The number of aryl methyl sites for hydroxylation is 1. The zero-order chi connectivity index (χ0) is 16.6. The Morgan fingerprint density at radius 2 is 2.09 bits per heavy atom. The molecule has 2 fully saturated rings. The van der Waals surface area contributed by atoms with Crippen LogP contribution in [0.1, 0.15) is 32.1 Å². The van der Waals surface area contributed by atoms with Crippen molar-refractivity contribution in [1.82, 2.24) is 15.1 Å². The number of hydrogen-bond donors (Lipinski definition) is 1. The van der Waals surface area contributed by atoms with Crippen molar-refractivity contribution in [1.29, 1.82) is 0 Å². The van der Waals surface area contributed by atoms with E-state index in [2.05, 4.69) is 10.4 Å². The molecule has 0 aromatic carbocycles. The van der Waals surface area contributed by atoms with Crippen LogP contribution in [-0.4, -0.2) is 40.5 Å². The molecule has 0 bridgehead atoms. The molecule has 3 rings (SSSR count). The van der Waals surface area contributed by atoms with Gasteiger partial charge in [0.1, 0.15) is 0 Å². The number of carbonyl (C=O) groups is 1. The molecule has 23 heavy (non-hydrogen) atoms. The number of amides is 1. The summed E-state index contributed by atoms with van der Waals surface area (Å²) >= 11 is 0. The molecule has 1 N–H and O–H groups in total. The summed E-state index contributed by atoms with van der Waals surface area (Å²) in [5.74, 6) is -1.33. The molecule has 128 valence electrons. The van der Waals surface area contributed by atoms with E-state index in [1.54, 1.807) is 29.0 Å². The third kappa shape index (κ3) is 3.52. The van der Waals surface area contributed by atoms with E-state index in [-0.39, 0.29) is 24.8 Å². The van der Waals surface area contributed by atoms with Gasteiger partial charge in [-0.2, -0.15) is 18.3 Å². The van der Waals surface area contributed by atoms with Crippen molar-refractivity contribution in [3.05, 3.63) is 12.4 Å². The molecule has 3 unspecified atom stereocenters. The Morgan fingerprint density at radius 1 is 1.30 bits per heavy atom. The van der Waals surface area contributed by atoms with Crippen LogP contribution in [0.25, 0.3) is 0 Å². The van der Waals surface area contributed by atoms with E-state index in [0.29, 0.717) is 25.8 Å². The lowest BCUT2D eigenvalue weighted by Gasteiger charge is -2.32. The molecular formula is C15H21F3N4O. The van der Waals surface area contributed by atoms with E-state index in [9.17, 15) is 18.0 Å². The lowest BCUT2D eigenvalue weighted by molar-refractivity contribution is -0.183. The lowest BCUT2D eigenvalue weighted by atomic mass is 9.85. The first-order valence-electron chi connectivity index (χ1n) is 7.97. The second-order valence-electron chi connectivity index (χ2n) is 6.47. The molecule has 0 radical (unpaired) electrons. The van der Waals surface area contributed by atoms with Gasteiger partial charge in [0.05, 0.1) is 23.8 Å². The minimum absolute atomic E-state index is 0.0696. The Kier molecular flexibility index (Phi) is 4.35. The van der Waals surface area contributed by atoms with Gasteiger partial charge in [-0.25, -0.2) is 0 Å². The summed E-state index contributed by atoms with van der Waals surface area (Å²) < 4.78 is 40.3. The van der Waals surface area contributed by atoms with Gasteiger partial charge in [0, 0.05) is 25.8 Å². The van der Waals surface area contributed by atoms with Gasteiger partial charge in [0.2, 0.25) is 5.91 Å². The quantitative estimate of drug-likeness (QED) is 0.925. The molecule has 2 aliphatic rings. The molecule has 1 saturated carbocycles. The predicted octanol–water partition coefficient (Wildman–Crippen LogP) is 2.24. The summed E-state index contributed by atoms with van der Waals surface area (Å²) in [4.78, 5) is 14.1. The van der Waals surface area contributed by atoms with Gasteiger partial charge in [-0.1, -0.05) is 6.42 Å². The van der Waals surface area contributed by atoms with Gasteiger partial charge in [-0.3, -0.25) is 9.48 Å². The third-order valence-electron chi connectivity index (χ3n) is 4.78. The Labute approximate surface area is 132 Å². The second kappa shape index (κ2) is 6.14. The average molecular weight is 330 g/mol. The number of aromatic nitrogens is 2. The molecule has 2 heterocycles. The third-order valence-corrected chi connectivity index (χ3v) is 4.78. The van der Waals surface area contributed by atoms with Gasteiger partial charge in [-0.15, -0.1) is 0 Å². The molecule has 1 aliphatic carbocycles.